The Labute approximate surface area is 270 Å². The maximum absolute atomic E-state index is 16.3. The Bertz CT molecular complexity index is 2070. The lowest BCUT2D eigenvalue weighted by molar-refractivity contribution is -0.0568. The molecule has 2 N–H and O–H groups in total. The quantitative estimate of drug-likeness (QED) is 0.229. The van der Waals surface area contributed by atoms with Crippen LogP contribution in [-0.4, -0.2) is 101 Å². The van der Waals surface area contributed by atoms with Crippen LogP contribution in [0.2, 0.25) is 0 Å². The largest absolute Gasteiger partial charge is 0.384 e. The number of aryl methyl sites for hydroxylation is 1. The zero-order valence-corrected chi connectivity index (χ0v) is 26.3. The van der Waals surface area contributed by atoms with Crippen LogP contribution in [-0.2, 0) is 43.1 Å². The van der Waals surface area contributed by atoms with E-state index in [-0.39, 0.29) is 5.65 Å². The highest BCUT2D eigenvalue weighted by atomic mass is 31.2. The number of ether oxygens (including phenoxy) is 2. The van der Waals surface area contributed by atoms with Crippen LogP contribution in [0.4, 0.5) is 18.9 Å². The second-order valence-electron chi connectivity index (χ2n) is 11.6. The molecule has 0 saturated carbocycles. The molecule has 4 aromatic rings. The number of nitrogens with one attached hydrogen (secondary N) is 2. The summed E-state index contributed by atoms with van der Waals surface area (Å²) < 4.78 is 109. The first-order valence-electron chi connectivity index (χ1n) is 14.8. The molecule has 48 heavy (non-hydrogen) atoms. The van der Waals surface area contributed by atoms with Crippen LogP contribution in [0.3, 0.4) is 0 Å². The van der Waals surface area contributed by atoms with Crippen LogP contribution in [0.5, 0.6) is 0 Å². The van der Waals surface area contributed by atoms with Gasteiger partial charge in [0.15, 0.2) is 41.9 Å². The smallest absolute Gasteiger partial charge is 0.264 e. The Hall–Kier alpha value is -3.02. The molecule has 3 fully saturated rings. The number of aromatic amines is 1. The summed E-state index contributed by atoms with van der Waals surface area (Å²) in [7, 11) is 2.36. The number of aromatic nitrogens is 6. The van der Waals surface area contributed by atoms with E-state index in [4.69, 9.17) is 42.7 Å². The molecule has 4 radical (unpaired) electrons. The van der Waals surface area contributed by atoms with Gasteiger partial charge in [-0.15, -0.1) is 0 Å². The number of rotatable bonds is 2. The molecule has 23 heteroatoms. The van der Waals surface area contributed by atoms with Crippen LogP contribution >= 0.6 is 14.9 Å². The molecule has 8 heterocycles. The van der Waals surface area contributed by atoms with Gasteiger partial charge in [0.25, 0.3) is 20.5 Å². The third kappa shape index (κ3) is 5.44. The van der Waals surface area contributed by atoms with Crippen molar-refractivity contribution in [1.82, 2.24) is 29.3 Å². The fraction of sp³-hybridized carbons (Fsp3) is 0.520. The lowest BCUT2D eigenvalue weighted by Gasteiger charge is -2.29. The Morgan fingerprint density at radius 3 is 2.31 bits per heavy atom. The summed E-state index contributed by atoms with van der Waals surface area (Å²) in [6, 6.07) is 1.77. The predicted octanol–water partition coefficient (Wildman–Crippen LogP) is 2.51. The van der Waals surface area contributed by atoms with Gasteiger partial charge >= 0.3 is 0 Å². The Balaban J connectivity index is 1.08. The molecule has 0 aliphatic carbocycles. The van der Waals surface area contributed by atoms with E-state index in [9.17, 15) is 18.3 Å². The van der Waals surface area contributed by atoms with Crippen LogP contribution < -0.4 is 10.9 Å². The Morgan fingerprint density at radius 1 is 0.938 bits per heavy atom. The summed E-state index contributed by atoms with van der Waals surface area (Å²) in [5.41, 5.74) is 0.638. The Kier molecular flexibility index (Phi) is 7.92. The van der Waals surface area contributed by atoms with Gasteiger partial charge in [0, 0.05) is 24.6 Å². The third-order valence-electron chi connectivity index (χ3n) is 8.56. The van der Waals surface area contributed by atoms with Gasteiger partial charge in [0.2, 0.25) is 15.1 Å². The molecule has 4 aromatic heterocycles. The topological polar surface area (TPSA) is 183 Å². The molecule has 0 aromatic carbocycles. The normalized spacial score (nSPS) is 37.3. The van der Waals surface area contributed by atoms with Gasteiger partial charge in [0.05, 0.1) is 30.6 Å². The first-order chi connectivity index (χ1) is 22.9. The number of fused-ring (bicyclic) bond motifs is 3. The minimum absolute atomic E-state index is 0.271. The molecule has 0 spiro atoms. The van der Waals surface area contributed by atoms with E-state index >= 15 is 8.78 Å². The number of halogens is 3. The second kappa shape index (κ2) is 11.8. The van der Waals surface area contributed by atoms with E-state index in [1.54, 1.807) is 6.07 Å². The van der Waals surface area contributed by atoms with E-state index in [0.717, 1.165) is 29.2 Å². The van der Waals surface area contributed by atoms with E-state index in [2.05, 4.69) is 25.4 Å². The number of hydrogen-bond donors (Lipinski definition) is 2. The average molecular weight is 707 g/mol. The van der Waals surface area contributed by atoms with Gasteiger partial charge < -0.3 is 37.9 Å². The summed E-state index contributed by atoms with van der Waals surface area (Å²) in [6.45, 7) is -0.850. The fourth-order valence-corrected chi connectivity index (χ4v) is 8.46. The van der Waals surface area contributed by atoms with Crippen LogP contribution in [0.25, 0.3) is 22.1 Å². The lowest BCUT2D eigenvalue weighted by Crippen LogP contribution is -2.37. The fourth-order valence-electron chi connectivity index (χ4n) is 6.44. The van der Waals surface area contributed by atoms with Crippen molar-refractivity contribution in [3.05, 3.63) is 46.7 Å². The number of H-pyrrole nitrogens is 1. The van der Waals surface area contributed by atoms with Gasteiger partial charge in [-0.25, -0.2) is 27.8 Å². The van der Waals surface area contributed by atoms with E-state index in [0.29, 0.717) is 29.7 Å². The number of alkyl halides is 2. The number of nitrogens with zero attached hydrogens (tertiary/aromatic N) is 5. The Morgan fingerprint density at radius 2 is 1.60 bits per heavy atom. The second-order valence-corrected chi connectivity index (χ2v) is 14.7. The molecular weight excluding hydrogens is 683 g/mol. The molecule has 3 saturated heterocycles. The van der Waals surface area contributed by atoms with Crippen molar-refractivity contribution in [2.45, 2.75) is 62.1 Å². The molecule has 4 aliphatic rings. The van der Waals surface area contributed by atoms with Crippen LogP contribution in [0.1, 0.15) is 24.6 Å². The van der Waals surface area contributed by atoms with Crippen molar-refractivity contribution < 1.29 is 49.9 Å². The van der Waals surface area contributed by atoms with Crippen molar-refractivity contribution >= 4 is 57.8 Å². The molecule has 4 aliphatic heterocycles. The summed E-state index contributed by atoms with van der Waals surface area (Å²) in [5, 5.41) is 8.07. The molecule has 250 valence electrons. The highest BCUT2D eigenvalue weighted by Crippen LogP contribution is 2.54. The SMILES string of the molecule is [B]P1(=O)OC[C@H]2O[C@@H](n3cc(F)c4c(=O)[nH]cnc43)C(F)[C@H]2OP([B])(=O)OC[C@H]2O[C@@H](n3nc4c5c(ccnc53)NCCC4)[C@@H](F)C2O1. The van der Waals surface area contributed by atoms with E-state index in [1.165, 1.54) is 10.9 Å². The van der Waals surface area contributed by atoms with Gasteiger partial charge in [0.1, 0.15) is 29.8 Å². The summed E-state index contributed by atoms with van der Waals surface area (Å²) in [6.07, 6.45) is -9.42. The van der Waals surface area contributed by atoms with Crippen LogP contribution in [0, 0.1) is 5.82 Å². The standard InChI is InChI=1S/C25H24B2F3N7O9P2/c26-47(39)42-8-14-20(18(30)25(44-14)37-22-16-11(3-5-32-22)31-4-1-2-12(16)35-37)46-48(27,40)41-7-13-19(45-47)17(29)24(43-13)36-6-10(28)15-21(36)33-9-34-23(15)38/h3,5-6,9,13-14,17-20,24-25,31H,1-2,4,7-8H2,(H,33,34,38)/t13-,14-,17?,18+,19+,20?,24-,25-,47?,48?/m1/s1. The molecular formula is C25H24B2F3N7O9P2. The first kappa shape index (κ1) is 32.2. The van der Waals surface area contributed by atoms with Crippen LogP contribution in [0.15, 0.2) is 29.6 Å². The van der Waals surface area contributed by atoms with Gasteiger partial charge in [-0.3, -0.25) is 18.5 Å². The van der Waals surface area contributed by atoms with E-state index in [1.807, 2.05) is 0 Å². The van der Waals surface area contributed by atoms with E-state index < -0.39 is 94.1 Å². The number of anilines is 1. The summed E-state index contributed by atoms with van der Waals surface area (Å²) in [5.74, 6) is -1.02. The highest BCUT2D eigenvalue weighted by molar-refractivity contribution is 7.79. The van der Waals surface area contributed by atoms with Gasteiger partial charge in [-0.05, 0) is 18.9 Å². The number of hydrogen-bond acceptors (Lipinski definition) is 13. The van der Waals surface area contributed by atoms with Crippen molar-refractivity contribution in [3.63, 3.8) is 0 Å². The highest BCUT2D eigenvalue weighted by Gasteiger charge is 2.54. The van der Waals surface area contributed by atoms with Gasteiger partial charge in [-0.1, -0.05) is 0 Å². The number of pyridine rings is 1. The molecule has 0 bridgehead atoms. The van der Waals surface area contributed by atoms with Gasteiger partial charge in [-0.2, -0.15) is 5.10 Å². The average Bonchev–Trinajstić information content (AvgIpc) is 3.70. The minimum atomic E-state index is -4.68. The van der Waals surface area contributed by atoms with Crippen molar-refractivity contribution in [1.29, 1.82) is 0 Å². The third-order valence-corrected chi connectivity index (χ3v) is 10.7. The maximum Gasteiger partial charge on any atom is 0.264 e. The first-order valence-corrected chi connectivity index (χ1v) is 18.0. The summed E-state index contributed by atoms with van der Waals surface area (Å²) in [4.78, 5) is 22.6. The molecule has 16 nitrogen and oxygen atoms in total. The molecule has 10 atom stereocenters. The van der Waals surface area contributed by atoms with Crippen molar-refractivity contribution in [2.75, 3.05) is 25.1 Å². The predicted molar refractivity (Wildman–Crippen MR) is 161 cm³/mol. The molecule has 8 rings (SSSR count). The zero-order valence-electron chi connectivity index (χ0n) is 24.6. The summed E-state index contributed by atoms with van der Waals surface area (Å²) >= 11 is 0. The monoisotopic (exact) mass is 707 g/mol. The molecule has 0 amide bonds. The minimum Gasteiger partial charge on any atom is -0.384 e. The maximum atomic E-state index is 16.3. The van der Waals surface area contributed by atoms with Crippen molar-refractivity contribution in [3.8, 4) is 0 Å². The lowest BCUT2D eigenvalue weighted by atomic mass is 10.1. The zero-order chi connectivity index (χ0) is 33.5. The van der Waals surface area contributed by atoms with Crippen molar-refractivity contribution in [2.24, 2.45) is 0 Å². The molecule has 4 unspecified atom stereocenters.